The summed E-state index contributed by atoms with van der Waals surface area (Å²) in [6.45, 7) is 8.75. The van der Waals surface area contributed by atoms with E-state index in [0.29, 0.717) is 11.3 Å². The number of benzene rings is 2. The molecule has 2 aliphatic rings. The van der Waals surface area contributed by atoms with Gasteiger partial charge in [-0.1, -0.05) is 29.8 Å². The Morgan fingerprint density at radius 3 is 2.41 bits per heavy atom. The maximum Gasteiger partial charge on any atom is 0.127 e. The molecule has 4 heteroatoms. The van der Waals surface area contributed by atoms with Crippen LogP contribution in [0.4, 0.5) is 5.69 Å². The number of phenols is 2. The van der Waals surface area contributed by atoms with Crippen molar-refractivity contribution >= 4 is 5.69 Å². The van der Waals surface area contributed by atoms with E-state index in [1.54, 1.807) is 0 Å². The number of aryl methyl sites for hydroxylation is 1. The van der Waals surface area contributed by atoms with Crippen molar-refractivity contribution in [2.45, 2.75) is 45.6 Å². The molecule has 0 spiro atoms. The van der Waals surface area contributed by atoms with E-state index >= 15 is 0 Å². The number of hydrogen-bond donors (Lipinski definition) is 2. The van der Waals surface area contributed by atoms with Gasteiger partial charge >= 0.3 is 0 Å². The molecule has 0 amide bonds. The fourth-order valence-corrected chi connectivity index (χ4v) is 4.77. The van der Waals surface area contributed by atoms with E-state index in [1.807, 2.05) is 13.0 Å². The van der Waals surface area contributed by atoms with Gasteiger partial charge < -0.3 is 15.1 Å². The maximum atomic E-state index is 11.1. The number of aromatic hydroxyl groups is 2. The molecule has 4 nitrogen and oxygen atoms in total. The van der Waals surface area contributed by atoms with Crippen LogP contribution in [0.1, 0.15) is 48.8 Å². The number of rotatable bonds is 4. The van der Waals surface area contributed by atoms with Gasteiger partial charge in [-0.15, -0.1) is 0 Å². The molecule has 0 bridgehead atoms. The topological polar surface area (TPSA) is 46.9 Å². The van der Waals surface area contributed by atoms with Gasteiger partial charge in [-0.05, 0) is 56.9 Å². The number of nitrogens with zero attached hydrogens (tertiary/aromatic N) is 2. The predicted molar refractivity (Wildman–Crippen MR) is 119 cm³/mol. The fourth-order valence-electron chi connectivity index (χ4n) is 4.77. The Balaban J connectivity index is 1.51. The first-order valence-corrected chi connectivity index (χ1v) is 10.8. The lowest BCUT2D eigenvalue weighted by atomic mass is 9.83. The minimum absolute atomic E-state index is 0.109. The normalized spacial score (nSPS) is 20.6. The molecule has 2 aromatic carbocycles. The lowest BCUT2D eigenvalue weighted by Crippen LogP contribution is -2.46. The van der Waals surface area contributed by atoms with Crippen LogP contribution in [0.3, 0.4) is 0 Å². The predicted octanol–water partition coefficient (Wildman–Crippen LogP) is 4.94. The van der Waals surface area contributed by atoms with E-state index in [9.17, 15) is 10.2 Å². The van der Waals surface area contributed by atoms with Gasteiger partial charge in [0.15, 0.2) is 0 Å². The van der Waals surface area contributed by atoms with Crippen molar-refractivity contribution in [1.82, 2.24) is 4.90 Å². The summed E-state index contributed by atoms with van der Waals surface area (Å²) in [7, 11) is 0. The third kappa shape index (κ3) is 4.27. The van der Waals surface area contributed by atoms with Crippen LogP contribution in [0.25, 0.3) is 0 Å². The standard InChI is InChI=1S/C25H32N2O2/c1-18-7-6-8-20(15-18)24-23(28)16-19(2)22(25(24)29)17-26-11-13-27(14-12-26)21-9-4-3-5-10-21/h3-5,9-10,15-16,20,28-29H,6-8,11-14,17H2,1-2H3. The SMILES string of the molecule is CC1=CC(c2c(O)cc(C)c(CN3CCN(c4ccccc4)CC3)c2O)CCC1. The molecule has 2 N–H and O–H groups in total. The molecular formula is C25H32N2O2. The van der Waals surface area contributed by atoms with Gasteiger partial charge in [-0.3, -0.25) is 4.90 Å². The molecule has 0 saturated carbocycles. The van der Waals surface area contributed by atoms with E-state index in [-0.39, 0.29) is 11.7 Å². The quantitative estimate of drug-likeness (QED) is 0.724. The third-order valence-electron chi connectivity index (χ3n) is 6.46. The van der Waals surface area contributed by atoms with Crippen molar-refractivity contribution in [1.29, 1.82) is 0 Å². The van der Waals surface area contributed by atoms with E-state index in [2.05, 4.69) is 53.1 Å². The first-order chi connectivity index (χ1) is 14.0. The molecule has 0 aromatic heterocycles. The Morgan fingerprint density at radius 2 is 1.72 bits per heavy atom. The van der Waals surface area contributed by atoms with Gasteiger partial charge in [0.25, 0.3) is 0 Å². The molecule has 1 heterocycles. The van der Waals surface area contributed by atoms with E-state index in [4.69, 9.17) is 0 Å². The van der Waals surface area contributed by atoms with Crippen LogP contribution in [0, 0.1) is 6.92 Å². The number of piperazine rings is 1. The first kappa shape index (κ1) is 19.8. The summed E-state index contributed by atoms with van der Waals surface area (Å²) >= 11 is 0. The van der Waals surface area contributed by atoms with Gasteiger partial charge in [0.2, 0.25) is 0 Å². The highest BCUT2D eigenvalue weighted by molar-refractivity contribution is 5.55. The Kier molecular flexibility index (Phi) is 5.81. The molecule has 29 heavy (non-hydrogen) atoms. The zero-order valence-electron chi connectivity index (χ0n) is 17.6. The summed E-state index contributed by atoms with van der Waals surface area (Å²) in [5.74, 6) is 0.635. The molecule has 1 aliphatic carbocycles. The summed E-state index contributed by atoms with van der Waals surface area (Å²) < 4.78 is 0. The number of allylic oxidation sites excluding steroid dienone is 2. The minimum atomic E-state index is 0.109. The number of phenolic OH excluding ortho intramolecular Hbond substituents is 2. The van der Waals surface area contributed by atoms with Crippen LogP contribution >= 0.6 is 0 Å². The maximum absolute atomic E-state index is 11.1. The van der Waals surface area contributed by atoms with Gasteiger partial charge in [0.05, 0.1) is 0 Å². The highest BCUT2D eigenvalue weighted by atomic mass is 16.3. The minimum Gasteiger partial charge on any atom is -0.507 e. The van der Waals surface area contributed by atoms with E-state index in [1.165, 1.54) is 11.3 Å². The Bertz CT molecular complexity index is 883. The number of para-hydroxylation sites is 1. The Labute approximate surface area is 174 Å². The van der Waals surface area contributed by atoms with E-state index in [0.717, 1.165) is 63.1 Å². The molecule has 1 aliphatic heterocycles. The lowest BCUT2D eigenvalue weighted by Gasteiger charge is -2.36. The number of hydrogen-bond acceptors (Lipinski definition) is 4. The van der Waals surface area contributed by atoms with Crippen LogP contribution in [0.5, 0.6) is 11.5 Å². The Hall–Kier alpha value is -2.46. The molecule has 1 fully saturated rings. The molecule has 154 valence electrons. The zero-order chi connectivity index (χ0) is 20.4. The first-order valence-electron chi connectivity index (χ1n) is 10.8. The Morgan fingerprint density at radius 1 is 1.00 bits per heavy atom. The van der Waals surface area contributed by atoms with Crippen molar-refractivity contribution < 1.29 is 10.2 Å². The summed E-state index contributed by atoms with van der Waals surface area (Å²) in [4.78, 5) is 4.82. The lowest BCUT2D eigenvalue weighted by molar-refractivity contribution is 0.245. The zero-order valence-corrected chi connectivity index (χ0v) is 17.6. The van der Waals surface area contributed by atoms with E-state index < -0.39 is 0 Å². The highest BCUT2D eigenvalue weighted by Gasteiger charge is 2.25. The van der Waals surface area contributed by atoms with Crippen LogP contribution in [0.2, 0.25) is 0 Å². The van der Waals surface area contributed by atoms with Crippen LogP contribution in [0.15, 0.2) is 48.0 Å². The van der Waals surface area contributed by atoms with Gasteiger partial charge in [-0.25, -0.2) is 0 Å². The largest absolute Gasteiger partial charge is 0.507 e. The molecular weight excluding hydrogens is 360 g/mol. The molecule has 4 rings (SSSR count). The van der Waals surface area contributed by atoms with Crippen molar-refractivity contribution in [2.24, 2.45) is 0 Å². The van der Waals surface area contributed by atoms with Crippen LogP contribution in [-0.4, -0.2) is 41.3 Å². The highest BCUT2D eigenvalue weighted by Crippen LogP contribution is 2.43. The van der Waals surface area contributed by atoms with Crippen molar-refractivity contribution in [3.8, 4) is 11.5 Å². The summed E-state index contributed by atoms with van der Waals surface area (Å²) in [5, 5.41) is 21.7. The van der Waals surface area contributed by atoms with Gasteiger partial charge in [-0.2, -0.15) is 0 Å². The second kappa shape index (κ2) is 8.50. The van der Waals surface area contributed by atoms with Gasteiger partial charge in [0.1, 0.15) is 11.5 Å². The molecule has 1 unspecified atom stereocenters. The molecule has 1 atom stereocenters. The second-order valence-corrected chi connectivity index (χ2v) is 8.56. The summed E-state index contributed by atoms with van der Waals surface area (Å²) in [6, 6.07) is 12.4. The number of anilines is 1. The fraction of sp³-hybridized carbons (Fsp3) is 0.440. The molecule has 0 radical (unpaired) electrons. The second-order valence-electron chi connectivity index (χ2n) is 8.56. The molecule has 1 saturated heterocycles. The van der Waals surface area contributed by atoms with Crippen molar-refractivity contribution in [3.05, 3.63) is 64.7 Å². The van der Waals surface area contributed by atoms with Gasteiger partial charge in [0, 0.05) is 55.5 Å². The van der Waals surface area contributed by atoms with Crippen molar-refractivity contribution in [3.63, 3.8) is 0 Å². The van der Waals surface area contributed by atoms with Crippen molar-refractivity contribution in [2.75, 3.05) is 31.1 Å². The smallest absolute Gasteiger partial charge is 0.127 e. The van der Waals surface area contributed by atoms with Crippen LogP contribution < -0.4 is 4.90 Å². The third-order valence-corrected chi connectivity index (χ3v) is 6.46. The monoisotopic (exact) mass is 392 g/mol. The van der Waals surface area contributed by atoms with Crippen LogP contribution in [-0.2, 0) is 6.54 Å². The average Bonchev–Trinajstić information content (AvgIpc) is 2.72. The summed E-state index contributed by atoms with van der Waals surface area (Å²) in [5.41, 5.74) is 5.26. The summed E-state index contributed by atoms with van der Waals surface area (Å²) in [6.07, 6.45) is 5.42. The molecule has 2 aromatic rings. The average molecular weight is 393 g/mol.